The second-order valence-electron chi connectivity index (χ2n) is 4.63. The highest BCUT2D eigenvalue weighted by molar-refractivity contribution is 5.74. The molecule has 1 aliphatic heterocycles. The summed E-state index contributed by atoms with van der Waals surface area (Å²) in [6, 6.07) is 2.10. The van der Waals surface area contributed by atoms with Crippen LogP contribution >= 0.6 is 0 Å². The van der Waals surface area contributed by atoms with Gasteiger partial charge in [-0.1, -0.05) is 6.07 Å². The number of rotatable bonds is 2. The van der Waals surface area contributed by atoms with Gasteiger partial charge < -0.3 is 10.1 Å². The molecular weight excluding hydrogens is 268 g/mol. The molecule has 2 aromatic rings. The van der Waals surface area contributed by atoms with Gasteiger partial charge in [0.2, 0.25) is 0 Å². The molecule has 5 nitrogen and oxygen atoms in total. The van der Waals surface area contributed by atoms with Crippen molar-refractivity contribution in [3.63, 3.8) is 0 Å². The lowest BCUT2D eigenvalue weighted by atomic mass is 9.94. The van der Waals surface area contributed by atoms with Gasteiger partial charge in [-0.25, -0.2) is 13.8 Å². The maximum atomic E-state index is 13.3. The number of nitrogens with one attached hydrogen (secondary N) is 2. The Morgan fingerprint density at radius 2 is 2.15 bits per heavy atom. The number of hydrogen-bond donors (Lipinski definition) is 3. The summed E-state index contributed by atoms with van der Waals surface area (Å²) in [6.07, 6.45) is 1.73. The first kappa shape index (κ1) is 12.7. The highest BCUT2D eigenvalue weighted by Crippen LogP contribution is 2.29. The zero-order valence-corrected chi connectivity index (χ0v) is 10.2. The lowest BCUT2D eigenvalue weighted by molar-refractivity contribution is -0.139. The average Bonchev–Trinajstić information content (AvgIpc) is 2.89. The van der Waals surface area contributed by atoms with Gasteiger partial charge in [-0.2, -0.15) is 0 Å². The predicted octanol–water partition coefficient (Wildman–Crippen LogP) is 1.38. The number of aromatic amines is 1. The second kappa shape index (κ2) is 4.68. The molecule has 0 fully saturated rings. The predicted molar refractivity (Wildman–Crippen MR) is 65.1 cm³/mol. The van der Waals surface area contributed by atoms with E-state index in [9.17, 15) is 13.6 Å². The minimum absolute atomic E-state index is 0.269. The number of nitrogens with zero attached hydrogens (tertiary/aromatic N) is 1. The third-order valence-electron chi connectivity index (χ3n) is 3.38. The zero-order valence-electron chi connectivity index (χ0n) is 10.2. The molecule has 0 radical (unpaired) electrons. The van der Waals surface area contributed by atoms with Crippen LogP contribution in [0.5, 0.6) is 0 Å². The van der Waals surface area contributed by atoms with Gasteiger partial charge in [0.25, 0.3) is 0 Å². The molecule has 0 saturated carbocycles. The minimum Gasteiger partial charge on any atom is -0.480 e. The summed E-state index contributed by atoms with van der Waals surface area (Å²) in [6.45, 7) is 0. The molecule has 1 aromatic heterocycles. The number of H-pyrrole nitrogens is 1. The fourth-order valence-electron chi connectivity index (χ4n) is 2.39. The fourth-order valence-corrected chi connectivity index (χ4v) is 2.39. The average molecular weight is 279 g/mol. The van der Waals surface area contributed by atoms with Crippen molar-refractivity contribution in [3.8, 4) is 0 Å². The highest BCUT2D eigenvalue weighted by atomic mass is 19.2. The zero-order chi connectivity index (χ0) is 14.3. The second-order valence-corrected chi connectivity index (χ2v) is 4.63. The third-order valence-corrected chi connectivity index (χ3v) is 3.38. The Labute approximate surface area is 112 Å². The van der Waals surface area contributed by atoms with Crippen molar-refractivity contribution in [2.45, 2.75) is 18.5 Å². The largest absolute Gasteiger partial charge is 0.480 e. The van der Waals surface area contributed by atoms with E-state index in [1.54, 1.807) is 0 Å². The van der Waals surface area contributed by atoms with Gasteiger partial charge in [-0.15, -0.1) is 0 Å². The minimum atomic E-state index is -1.00. The van der Waals surface area contributed by atoms with E-state index in [0.717, 1.165) is 12.1 Å². The van der Waals surface area contributed by atoms with Crippen LogP contribution in [0.2, 0.25) is 0 Å². The Morgan fingerprint density at radius 3 is 2.85 bits per heavy atom. The van der Waals surface area contributed by atoms with Crippen molar-refractivity contribution in [3.05, 3.63) is 53.1 Å². The summed E-state index contributed by atoms with van der Waals surface area (Å²) in [5.41, 5.74) is 1.72. The standard InChI is InChI=1S/C13H11F2N3O2/c14-7-2-1-6(3-8(7)15)11-12-9(16-5-17-12)4-10(18-11)13(19)20/h1-3,5,10-11,18H,4H2,(H,16,17)(H,19,20)/t10-,11+/m1/s1. The van der Waals surface area contributed by atoms with Crippen LogP contribution in [-0.2, 0) is 11.2 Å². The number of benzene rings is 1. The summed E-state index contributed by atoms with van der Waals surface area (Å²) >= 11 is 0. The number of aliphatic carboxylic acids is 1. The third kappa shape index (κ3) is 2.05. The van der Waals surface area contributed by atoms with Crippen molar-refractivity contribution >= 4 is 5.97 Å². The number of aromatic nitrogens is 2. The number of halogens is 2. The Balaban J connectivity index is 2.03. The van der Waals surface area contributed by atoms with Crippen LogP contribution in [0.25, 0.3) is 0 Å². The van der Waals surface area contributed by atoms with E-state index in [2.05, 4.69) is 15.3 Å². The van der Waals surface area contributed by atoms with Crippen LogP contribution in [0.4, 0.5) is 8.78 Å². The first-order valence-corrected chi connectivity index (χ1v) is 6.02. The molecule has 0 unspecified atom stereocenters. The van der Waals surface area contributed by atoms with Gasteiger partial charge in [-0.3, -0.25) is 10.1 Å². The molecule has 3 N–H and O–H groups in total. The maximum absolute atomic E-state index is 13.3. The number of hydrogen-bond acceptors (Lipinski definition) is 3. The van der Waals surface area contributed by atoms with Gasteiger partial charge in [0, 0.05) is 12.1 Å². The van der Waals surface area contributed by atoms with E-state index in [4.69, 9.17) is 5.11 Å². The van der Waals surface area contributed by atoms with E-state index < -0.39 is 29.7 Å². The highest BCUT2D eigenvalue weighted by Gasteiger charge is 2.33. The first-order chi connectivity index (χ1) is 9.56. The van der Waals surface area contributed by atoms with Crippen LogP contribution < -0.4 is 5.32 Å². The van der Waals surface area contributed by atoms with E-state index in [0.29, 0.717) is 17.0 Å². The molecule has 3 rings (SSSR count). The van der Waals surface area contributed by atoms with Crippen LogP contribution in [-0.4, -0.2) is 27.1 Å². The monoisotopic (exact) mass is 279 g/mol. The summed E-state index contributed by atoms with van der Waals surface area (Å²) in [7, 11) is 0. The molecule has 1 aromatic carbocycles. The normalized spacial score (nSPS) is 21.5. The van der Waals surface area contributed by atoms with Crippen molar-refractivity contribution in [1.29, 1.82) is 0 Å². The number of carboxylic acid groups (broad SMARTS) is 1. The van der Waals surface area contributed by atoms with Crippen LogP contribution in [0.3, 0.4) is 0 Å². The molecule has 7 heteroatoms. The summed E-state index contributed by atoms with van der Waals surface area (Å²) in [5, 5.41) is 12.0. The Kier molecular flexibility index (Phi) is 2.98. The summed E-state index contributed by atoms with van der Waals surface area (Å²) in [4.78, 5) is 18.2. The topological polar surface area (TPSA) is 78.0 Å². The van der Waals surface area contributed by atoms with Gasteiger partial charge in [0.05, 0.1) is 18.1 Å². The van der Waals surface area contributed by atoms with Crippen molar-refractivity contribution in [2.24, 2.45) is 0 Å². The van der Waals surface area contributed by atoms with Crippen molar-refractivity contribution in [1.82, 2.24) is 15.3 Å². The summed E-state index contributed by atoms with van der Waals surface area (Å²) < 4.78 is 26.3. The number of imidazole rings is 1. The van der Waals surface area contributed by atoms with Crippen molar-refractivity contribution in [2.75, 3.05) is 0 Å². The molecule has 0 amide bonds. The van der Waals surface area contributed by atoms with E-state index in [1.165, 1.54) is 12.4 Å². The molecule has 1 aliphatic rings. The van der Waals surface area contributed by atoms with E-state index >= 15 is 0 Å². The Morgan fingerprint density at radius 1 is 1.35 bits per heavy atom. The molecule has 0 saturated heterocycles. The van der Waals surface area contributed by atoms with E-state index in [-0.39, 0.29) is 6.42 Å². The molecular formula is C13H11F2N3O2. The molecule has 2 atom stereocenters. The quantitative estimate of drug-likeness (QED) is 0.776. The van der Waals surface area contributed by atoms with Crippen LogP contribution in [0.15, 0.2) is 24.5 Å². The van der Waals surface area contributed by atoms with E-state index in [1.807, 2.05) is 0 Å². The molecule has 20 heavy (non-hydrogen) atoms. The Hall–Kier alpha value is -2.28. The van der Waals surface area contributed by atoms with Gasteiger partial charge in [0.1, 0.15) is 6.04 Å². The maximum Gasteiger partial charge on any atom is 0.321 e. The Bertz CT molecular complexity index is 671. The lowest BCUT2D eigenvalue weighted by Gasteiger charge is -2.28. The van der Waals surface area contributed by atoms with Crippen molar-refractivity contribution < 1.29 is 18.7 Å². The summed E-state index contributed by atoms with van der Waals surface area (Å²) in [5.74, 6) is -2.92. The van der Waals surface area contributed by atoms with Gasteiger partial charge in [0.15, 0.2) is 11.6 Å². The fraction of sp³-hybridized carbons (Fsp3) is 0.231. The van der Waals surface area contributed by atoms with Gasteiger partial charge >= 0.3 is 5.97 Å². The molecule has 0 spiro atoms. The van der Waals surface area contributed by atoms with Gasteiger partial charge in [-0.05, 0) is 17.7 Å². The number of carboxylic acids is 1. The van der Waals surface area contributed by atoms with Crippen LogP contribution in [0.1, 0.15) is 23.0 Å². The molecule has 0 aliphatic carbocycles. The number of carbonyl (C=O) groups is 1. The molecule has 0 bridgehead atoms. The smallest absolute Gasteiger partial charge is 0.321 e. The molecule has 104 valence electrons. The van der Waals surface area contributed by atoms with Crippen LogP contribution in [0, 0.1) is 11.6 Å². The lowest BCUT2D eigenvalue weighted by Crippen LogP contribution is -2.45. The number of fused-ring (bicyclic) bond motifs is 1. The SMILES string of the molecule is O=C(O)[C@H]1Cc2[nH]cnc2[C@H](c2ccc(F)c(F)c2)N1. The molecule has 2 heterocycles. The first-order valence-electron chi connectivity index (χ1n) is 6.02.